The predicted molar refractivity (Wildman–Crippen MR) is 63.7 cm³/mol. The zero-order valence-electron chi connectivity index (χ0n) is 9.63. The summed E-state index contributed by atoms with van der Waals surface area (Å²) < 4.78 is 5.58. The van der Waals surface area contributed by atoms with E-state index in [9.17, 15) is 4.79 Å². The Morgan fingerprint density at radius 3 is 2.76 bits per heavy atom. The molecule has 92 valence electrons. The molecule has 0 radical (unpaired) electrons. The molecule has 0 spiro atoms. The van der Waals surface area contributed by atoms with Crippen molar-refractivity contribution in [3.8, 4) is 0 Å². The Hall–Kier alpha value is -1.39. The average molecular weight is 235 g/mol. The van der Waals surface area contributed by atoms with Crippen LogP contribution < -0.4 is 5.32 Å². The number of hydrogen-bond acceptors (Lipinski definition) is 3. The second-order valence-electron chi connectivity index (χ2n) is 4.33. The van der Waals surface area contributed by atoms with Crippen molar-refractivity contribution in [3.05, 3.63) is 35.9 Å². The SMILES string of the molecule is O=C(O)C1CCC(COCc2ccccc2)N1. The Kier molecular flexibility index (Phi) is 4.12. The minimum Gasteiger partial charge on any atom is -0.480 e. The van der Waals surface area contributed by atoms with Gasteiger partial charge in [-0.15, -0.1) is 0 Å². The van der Waals surface area contributed by atoms with E-state index in [0.29, 0.717) is 19.6 Å². The third-order valence-corrected chi connectivity index (χ3v) is 2.97. The van der Waals surface area contributed by atoms with Crippen LogP contribution in [0.15, 0.2) is 30.3 Å². The first-order valence-electron chi connectivity index (χ1n) is 5.86. The van der Waals surface area contributed by atoms with Crippen molar-refractivity contribution >= 4 is 5.97 Å². The molecule has 1 aliphatic heterocycles. The summed E-state index contributed by atoms with van der Waals surface area (Å²) in [4.78, 5) is 10.7. The van der Waals surface area contributed by atoms with Crippen LogP contribution in [0.2, 0.25) is 0 Å². The summed E-state index contributed by atoms with van der Waals surface area (Å²) in [5, 5.41) is 11.9. The number of carboxylic acids is 1. The molecule has 0 aromatic heterocycles. The van der Waals surface area contributed by atoms with Crippen molar-refractivity contribution < 1.29 is 14.6 Å². The van der Waals surface area contributed by atoms with Crippen LogP contribution >= 0.6 is 0 Å². The van der Waals surface area contributed by atoms with Crippen molar-refractivity contribution in [1.82, 2.24) is 5.32 Å². The molecule has 4 heteroatoms. The van der Waals surface area contributed by atoms with Gasteiger partial charge in [-0.2, -0.15) is 0 Å². The van der Waals surface area contributed by atoms with Crippen LogP contribution in [0.1, 0.15) is 18.4 Å². The lowest BCUT2D eigenvalue weighted by atomic mass is 10.2. The Morgan fingerprint density at radius 1 is 1.35 bits per heavy atom. The second kappa shape index (κ2) is 5.80. The first-order valence-corrected chi connectivity index (χ1v) is 5.86. The second-order valence-corrected chi connectivity index (χ2v) is 4.33. The molecule has 1 aromatic carbocycles. The lowest BCUT2D eigenvalue weighted by molar-refractivity contribution is -0.139. The maximum absolute atomic E-state index is 10.7. The van der Waals surface area contributed by atoms with Crippen LogP contribution in [-0.4, -0.2) is 29.8 Å². The fraction of sp³-hybridized carbons (Fsp3) is 0.462. The molecule has 2 unspecified atom stereocenters. The smallest absolute Gasteiger partial charge is 0.320 e. The number of carboxylic acid groups (broad SMARTS) is 1. The molecule has 1 heterocycles. The lowest BCUT2D eigenvalue weighted by Crippen LogP contribution is -2.37. The van der Waals surface area contributed by atoms with Gasteiger partial charge in [0.25, 0.3) is 0 Å². The molecule has 2 atom stereocenters. The molecule has 0 saturated carbocycles. The standard InChI is InChI=1S/C13H17NO3/c15-13(16)12-7-6-11(14-12)9-17-8-10-4-2-1-3-5-10/h1-5,11-12,14H,6-9H2,(H,15,16). The van der Waals surface area contributed by atoms with Crippen molar-refractivity contribution in [1.29, 1.82) is 0 Å². The molecular formula is C13H17NO3. The highest BCUT2D eigenvalue weighted by Crippen LogP contribution is 2.13. The van der Waals surface area contributed by atoms with Crippen LogP contribution in [0.5, 0.6) is 0 Å². The van der Waals surface area contributed by atoms with E-state index < -0.39 is 12.0 Å². The van der Waals surface area contributed by atoms with E-state index in [1.165, 1.54) is 0 Å². The summed E-state index contributed by atoms with van der Waals surface area (Å²) in [6.07, 6.45) is 1.56. The highest BCUT2D eigenvalue weighted by molar-refractivity contribution is 5.73. The Labute approximate surface area is 101 Å². The zero-order valence-corrected chi connectivity index (χ0v) is 9.63. The Bertz CT molecular complexity index is 366. The largest absolute Gasteiger partial charge is 0.480 e. The van der Waals surface area contributed by atoms with Gasteiger partial charge in [-0.3, -0.25) is 10.1 Å². The molecule has 2 N–H and O–H groups in total. The van der Waals surface area contributed by atoms with Gasteiger partial charge in [-0.1, -0.05) is 30.3 Å². The maximum Gasteiger partial charge on any atom is 0.320 e. The van der Waals surface area contributed by atoms with Gasteiger partial charge < -0.3 is 9.84 Å². The quantitative estimate of drug-likeness (QED) is 0.810. The molecule has 1 fully saturated rings. The number of ether oxygens (including phenoxy) is 1. The summed E-state index contributed by atoms with van der Waals surface area (Å²) in [6.45, 7) is 1.15. The highest BCUT2D eigenvalue weighted by atomic mass is 16.5. The van der Waals surface area contributed by atoms with Crippen molar-refractivity contribution in [2.45, 2.75) is 31.5 Å². The molecule has 0 aliphatic carbocycles. The molecule has 1 saturated heterocycles. The topological polar surface area (TPSA) is 58.6 Å². The number of carbonyl (C=O) groups is 1. The first kappa shape index (κ1) is 12.1. The third-order valence-electron chi connectivity index (χ3n) is 2.97. The fourth-order valence-electron chi connectivity index (χ4n) is 2.04. The van der Waals surface area contributed by atoms with Crippen LogP contribution in [0.25, 0.3) is 0 Å². The van der Waals surface area contributed by atoms with Crippen molar-refractivity contribution in [2.24, 2.45) is 0 Å². The zero-order chi connectivity index (χ0) is 12.1. The molecule has 4 nitrogen and oxygen atoms in total. The molecule has 1 aromatic rings. The van der Waals surface area contributed by atoms with E-state index in [1.54, 1.807) is 0 Å². The monoisotopic (exact) mass is 235 g/mol. The van der Waals surface area contributed by atoms with Crippen LogP contribution in [-0.2, 0) is 16.1 Å². The summed E-state index contributed by atoms with van der Waals surface area (Å²) >= 11 is 0. The lowest BCUT2D eigenvalue weighted by Gasteiger charge is -2.12. The van der Waals surface area contributed by atoms with E-state index in [2.05, 4.69) is 5.32 Å². The predicted octanol–water partition coefficient (Wildman–Crippen LogP) is 1.41. The van der Waals surface area contributed by atoms with Gasteiger partial charge in [0.1, 0.15) is 6.04 Å². The van der Waals surface area contributed by atoms with E-state index >= 15 is 0 Å². The van der Waals surface area contributed by atoms with E-state index in [1.807, 2.05) is 30.3 Å². The first-order chi connectivity index (χ1) is 8.25. The van der Waals surface area contributed by atoms with Gasteiger partial charge in [0.05, 0.1) is 13.2 Å². The molecular weight excluding hydrogens is 218 g/mol. The van der Waals surface area contributed by atoms with Gasteiger partial charge in [-0.25, -0.2) is 0 Å². The van der Waals surface area contributed by atoms with Gasteiger partial charge >= 0.3 is 5.97 Å². The van der Waals surface area contributed by atoms with Gasteiger partial charge in [0.15, 0.2) is 0 Å². The summed E-state index contributed by atoms with van der Waals surface area (Å²) in [7, 11) is 0. The number of hydrogen-bond donors (Lipinski definition) is 2. The Balaban J connectivity index is 1.68. The molecule has 17 heavy (non-hydrogen) atoms. The fourth-order valence-corrected chi connectivity index (χ4v) is 2.04. The third kappa shape index (κ3) is 3.54. The van der Waals surface area contributed by atoms with Crippen molar-refractivity contribution in [3.63, 3.8) is 0 Å². The molecule has 0 amide bonds. The minimum absolute atomic E-state index is 0.166. The van der Waals surface area contributed by atoms with Gasteiger partial charge in [0.2, 0.25) is 0 Å². The van der Waals surface area contributed by atoms with Crippen LogP contribution in [0.4, 0.5) is 0 Å². The highest BCUT2D eigenvalue weighted by Gasteiger charge is 2.28. The number of rotatable bonds is 5. The minimum atomic E-state index is -0.768. The van der Waals surface area contributed by atoms with Crippen molar-refractivity contribution in [2.75, 3.05) is 6.61 Å². The van der Waals surface area contributed by atoms with Gasteiger partial charge in [-0.05, 0) is 18.4 Å². The molecule has 1 aliphatic rings. The normalized spacial score (nSPS) is 23.8. The number of nitrogens with one attached hydrogen (secondary N) is 1. The Morgan fingerprint density at radius 2 is 2.12 bits per heavy atom. The number of benzene rings is 1. The summed E-state index contributed by atoms with van der Waals surface area (Å²) in [6, 6.07) is 9.73. The van der Waals surface area contributed by atoms with Crippen LogP contribution in [0, 0.1) is 0 Å². The van der Waals surface area contributed by atoms with Crippen LogP contribution in [0.3, 0.4) is 0 Å². The molecule has 2 rings (SSSR count). The summed E-state index contributed by atoms with van der Waals surface area (Å²) in [5.41, 5.74) is 1.14. The van der Waals surface area contributed by atoms with Gasteiger partial charge in [0, 0.05) is 6.04 Å². The molecule has 0 bridgehead atoms. The van der Waals surface area contributed by atoms with E-state index in [0.717, 1.165) is 12.0 Å². The average Bonchev–Trinajstić information content (AvgIpc) is 2.79. The van der Waals surface area contributed by atoms with E-state index in [-0.39, 0.29) is 6.04 Å². The van der Waals surface area contributed by atoms with E-state index in [4.69, 9.17) is 9.84 Å². The summed E-state index contributed by atoms with van der Waals surface area (Å²) in [5.74, 6) is -0.768. The maximum atomic E-state index is 10.7. The number of aliphatic carboxylic acids is 1.